The van der Waals surface area contributed by atoms with E-state index in [4.69, 9.17) is 5.11 Å². The Kier molecular flexibility index (Phi) is 2.73. The molecule has 0 saturated heterocycles. The topological polar surface area (TPSA) is 55.1 Å². The molecule has 0 aliphatic rings. The Labute approximate surface area is 107 Å². The van der Waals surface area contributed by atoms with E-state index < -0.39 is 6.09 Å². The van der Waals surface area contributed by atoms with Crippen LogP contribution in [0.25, 0.3) is 10.9 Å². The molecule has 0 fully saturated rings. The molecular formula is C12H13BrN2O2. The Bertz CT molecular complexity index is 596. The summed E-state index contributed by atoms with van der Waals surface area (Å²) in [7, 11) is 0. The standard InChI is InChI=1S/C12H13BrN2O2/c1-12(2,3)10-8-5-4-7(13)6-9(8)15(14-10)11(16)17/h4-6H,1-3H3,(H,16,17). The molecule has 0 aliphatic carbocycles. The van der Waals surface area contributed by atoms with E-state index in [9.17, 15) is 4.79 Å². The Morgan fingerprint density at radius 1 is 1.41 bits per heavy atom. The minimum Gasteiger partial charge on any atom is -0.463 e. The number of carboxylic acid groups (broad SMARTS) is 1. The molecule has 1 N–H and O–H groups in total. The summed E-state index contributed by atoms with van der Waals surface area (Å²) < 4.78 is 1.87. The van der Waals surface area contributed by atoms with Crippen LogP contribution >= 0.6 is 15.9 Å². The monoisotopic (exact) mass is 296 g/mol. The van der Waals surface area contributed by atoms with Gasteiger partial charge in [-0.15, -0.1) is 0 Å². The van der Waals surface area contributed by atoms with Crippen LogP contribution < -0.4 is 0 Å². The van der Waals surface area contributed by atoms with E-state index in [1.54, 1.807) is 6.07 Å². The van der Waals surface area contributed by atoms with Gasteiger partial charge in [0.2, 0.25) is 0 Å². The van der Waals surface area contributed by atoms with Crippen LogP contribution in [0.1, 0.15) is 26.5 Å². The van der Waals surface area contributed by atoms with Crippen molar-refractivity contribution in [2.45, 2.75) is 26.2 Å². The van der Waals surface area contributed by atoms with Crippen molar-refractivity contribution in [3.8, 4) is 0 Å². The lowest BCUT2D eigenvalue weighted by molar-refractivity contribution is 0.193. The molecular weight excluding hydrogens is 284 g/mol. The first kappa shape index (κ1) is 12.1. The number of nitrogens with zero attached hydrogens (tertiary/aromatic N) is 2. The van der Waals surface area contributed by atoms with E-state index in [1.807, 2.05) is 32.9 Å². The van der Waals surface area contributed by atoms with Gasteiger partial charge in [0.15, 0.2) is 0 Å². The molecule has 0 saturated carbocycles. The number of hydrogen-bond acceptors (Lipinski definition) is 2. The molecule has 0 amide bonds. The molecule has 2 rings (SSSR count). The molecule has 0 aliphatic heterocycles. The van der Waals surface area contributed by atoms with Crippen molar-refractivity contribution in [1.82, 2.24) is 9.78 Å². The van der Waals surface area contributed by atoms with Crippen LogP contribution in [0.15, 0.2) is 22.7 Å². The summed E-state index contributed by atoms with van der Waals surface area (Å²) in [5.41, 5.74) is 1.21. The van der Waals surface area contributed by atoms with Gasteiger partial charge in [-0.3, -0.25) is 0 Å². The molecule has 1 aromatic heterocycles. The molecule has 0 spiro atoms. The van der Waals surface area contributed by atoms with E-state index >= 15 is 0 Å². The quantitative estimate of drug-likeness (QED) is 0.808. The molecule has 2 aromatic rings. The van der Waals surface area contributed by atoms with Gasteiger partial charge in [-0.2, -0.15) is 9.78 Å². The number of hydrogen-bond donors (Lipinski definition) is 1. The zero-order chi connectivity index (χ0) is 12.8. The van der Waals surface area contributed by atoms with Crippen molar-refractivity contribution < 1.29 is 9.90 Å². The van der Waals surface area contributed by atoms with Gasteiger partial charge in [-0.1, -0.05) is 36.7 Å². The maximum Gasteiger partial charge on any atom is 0.432 e. The highest BCUT2D eigenvalue weighted by Gasteiger charge is 2.24. The Balaban J connectivity index is 2.85. The first-order valence-electron chi connectivity index (χ1n) is 5.23. The Morgan fingerprint density at radius 2 is 2.06 bits per heavy atom. The average molecular weight is 297 g/mol. The number of carbonyl (C=O) groups is 1. The normalized spacial score (nSPS) is 12.0. The third kappa shape index (κ3) is 2.07. The van der Waals surface area contributed by atoms with E-state index in [0.717, 1.165) is 20.2 Å². The number of halogens is 1. The fourth-order valence-corrected chi connectivity index (χ4v) is 2.14. The highest BCUT2D eigenvalue weighted by molar-refractivity contribution is 9.10. The van der Waals surface area contributed by atoms with Gasteiger partial charge in [-0.05, 0) is 18.2 Å². The number of aromatic nitrogens is 2. The highest BCUT2D eigenvalue weighted by atomic mass is 79.9. The van der Waals surface area contributed by atoms with Gasteiger partial charge in [0.05, 0.1) is 11.2 Å². The average Bonchev–Trinajstić information content (AvgIpc) is 2.55. The minimum atomic E-state index is -1.07. The van der Waals surface area contributed by atoms with Crippen LogP contribution in [0.2, 0.25) is 0 Å². The third-order valence-corrected chi connectivity index (χ3v) is 3.03. The van der Waals surface area contributed by atoms with Crippen LogP contribution in [0.3, 0.4) is 0 Å². The fourth-order valence-electron chi connectivity index (χ4n) is 1.79. The zero-order valence-electron chi connectivity index (χ0n) is 9.86. The second kappa shape index (κ2) is 3.84. The van der Waals surface area contributed by atoms with Gasteiger partial charge in [0.1, 0.15) is 0 Å². The molecule has 0 radical (unpaired) electrons. The van der Waals surface area contributed by atoms with Gasteiger partial charge in [0, 0.05) is 15.3 Å². The molecule has 1 heterocycles. The van der Waals surface area contributed by atoms with Crippen LogP contribution in [0.4, 0.5) is 4.79 Å². The lowest BCUT2D eigenvalue weighted by Gasteiger charge is -2.15. The number of benzene rings is 1. The van der Waals surface area contributed by atoms with Gasteiger partial charge in [-0.25, -0.2) is 4.79 Å². The Hall–Kier alpha value is -1.36. The smallest absolute Gasteiger partial charge is 0.432 e. The minimum absolute atomic E-state index is 0.188. The van der Waals surface area contributed by atoms with Crippen LogP contribution in [-0.4, -0.2) is 21.0 Å². The predicted molar refractivity (Wildman–Crippen MR) is 69.6 cm³/mol. The van der Waals surface area contributed by atoms with E-state index in [1.165, 1.54) is 0 Å². The lowest BCUT2D eigenvalue weighted by atomic mass is 9.90. The summed E-state index contributed by atoms with van der Waals surface area (Å²) in [6.07, 6.45) is -1.07. The summed E-state index contributed by atoms with van der Waals surface area (Å²) in [4.78, 5) is 11.2. The third-order valence-electron chi connectivity index (χ3n) is 2.53. The van der Waals surface area contributed by atoms with E-state index in [-0.39, 0.29) is 5.41 Å². The second-order valence-electron chi connectivity index (χ2n) is 4.95. The first-order valence-corrected chi connectivity index (χ1v) is 6.02. The Morgan fingerprint density at radius 3 is 2.59 bits per heavy atom. The first-order chi connectivity index (χ1) is 7.80. The molecule has 4 nitrogen and oxygen atoms in total. The second-order valence-corrected chi connectivity index (χ2v) is 5.87. The fraction of sp³-hybridized carbons (Fsp3) is 0.333. The summed E-state index contributed by atoms with van der Waals surface area (Å²) in [5, 5.41) is 14.2. The SMILES string of the molecule is CC(C)(C)c1nn(C(=O)O)c2cc(Br)ccc12. The maximum atomic E-state index is 11.2. The lowest BCUT2D eigenvalue weighted by Crippen LogP contribution is -2.15. The summed E-state index contributed by atoms with van der Waals surface area (Å²) in [5.74, 6) is 0. The number of rotatable bonds is 0. The maximum absolute atomic E-state index is 11.2. The molecule has 0 unspecified atom stereocenters. The van der Waals surface area contributed by atoms with Crippen molar-refractivity contribution in [3.63, 3.8) is 0 Å². The van der Waals surface area contributed by atoms with Gasteiger partial charge >= 0.3 is 6.09 Å². The van der Waals surface area contributed by atoms with Crippen LogP contribution in [0.5, 0.6) is 0 Å². The van der Waals surface area contributed by atoms with Crippen molar-refractivity contribution in [1.29, 1.82) is 0 Å². The van der Waals surface area contributed by atoms with Crippen molar-refractivity contribution in [3.05, 3.63) is 28.4 Å². The largest absolute Gasteiger partial charge is 0.463 e. The molecule has 1 aromatic carbocycles. The highest BCUT2D eigenvalue weighted by Crippen LogP contribution is 2.30. The van der Waals surface area contributed by atoms with E-state index in [2.05, 4.69) is 21.0 Å². The number of fused-ring (bicyclic) bond motifs is 1. The van der Waals surface area contributed by atoms with Crippen LogP contribution in [-0.2, 0) is 5.41 Å². The molecule has 0 bridgehead atoms. The van der Waals surface area contributed by atoms with Crippen LogP contribution in [0, 0.1) is 0 Å². The molecule has 17 heavy (non-hydrogen) atoms. The molecule has 5 heteroatoms. The predicted octanol–water partition coefficient (Wildman–Crippen LogP) is 3.62. The van der Waals surface area contributed by atoms with Gasteiger partial charge in [0.25, 0.3) is 0 Å². The van der Waals surface area contributed by atoms with Gasteiger partial charge < -0.3 is 5.11 Å². The van der Waals surface area contributed by atoms with Crippen molar-refractivity contribution in [2.75, 3.05) is 0 Å². The van der Waals surface area contributed by atoms with Crippen molar-refractivity contribution in [2.24, 2.45) is 0 Å². The summed E-state index contributed by atoms with van der Waals surface area (Å²) in [6, 6.07) is 5.56. The summed E-state index contributed by atoms with van der Waals surface area (Å²) >= 11 is 3.34. The molecule has 0 atom stereocenters. The van der Waals surface area contributed by atoms with E-state index in [0.29, 0.717) is 5.52 Å². The zero-order valence-corrected chi connectivity index (χ0v) is 11.4. The van der Waals surface area contributed by atoms with Crippen molar-refractivity contribution >= 4 is 32.9 Å². The molecule has 90 valence electrons. The summed E-state index contributed by atoms with van der Waals surface area (Å²) in [6.45, 7) is 6.05.